The number of nitro groups is 1. The average Bonchev–Trinajstić information content (AvgIpc) is 2.03. The Bertz CT molecular complexity index is 132. The average molecular weight is 158 g/mol. The van der Waals surface area contributed by atoms with Gasteiger partial charge < -0.3 is 5.32 Å². The van der Waals surface area contributed by atoms with Gasteiger partial charge in [0.1, 0.15) is 0 Å². The molecule has 0 amide bonds. The van der Waals surface area contributed by atoms with Crippen molar-refractivity contribution in [1.29, 1.82) is 0 Å². The van der Waals surface area contributed by atoms with E-state index >= 15 is 0 Å². The topological polar surface area (TPSA) is 55.2 Å². The van der Waals surface area contributed by atoms with Crippen LogP contribution in [0.2, 0.25) is 0 Å². The Morgan fingerprint density at radius 1 is 1.45 bits per heavy atom. The fraction of sp³-hybridized carbons (Fsp3) is 1.00. The van der Waals surface area contributed by atoms with Gasteiger partial charge in [-0.2, -0.15) is 0 Å². The van der Waals surface area contributed by atoms with Crippen LogP contribution in [0.1, 0.15) is 19.3 Å². The van der Waals surface area contributed by atoms with Gasteiger partial charge in [0, 0.05) is 11.3 Å². The summed E-state index contributed by atoms with van der Waals surface area (Å²) in [5.41, 5.74) is 0. The van der Waals surface area contributed by atoms with Crippen LogP contribution in [0.4, 0.5) is 0 Å². The summed E-state index contributed by atoms with van der Waals surface area (Å²) in [6.07, 6.45) is 2.97. The van der Waals surface area contributed by atoms with Crippen molar-refractivity contribution in [2.45, 2.75) is 19.3 Å². The number of hydrogen-bond donors (Lipinski definition) is 1. The van der Waals surface area contributed by atoms with Gasteiger partial charge in [-0.3, -0.25) is 10.1 Å². The van der Waals surface area contributed by atoms with E-state index in [2.05, 4.69) is 5.32 Å². The van der Waals surface area contributed by atoms with Crippen molar-refractivity contribution < 1.29 is 4.92 Å². The molecule has 1 N–H and O–H groups in total. The van der Waals surface area contributed by atoms with Crippen molar-refractivity contribution in [3.8, 4) is 0 Å². The molecule has 1 aliphatic heterocycles. The SMILES string of the molecule is O=[N+]([O-])CCC1CCNCC1. The van der Waals surface area contributed by atoms with Crippen molar-refractivity contribution in [2.24, 2.45) is 5.92 Å². The normalized spacial score (nSPS) is 20.0. The van der Waals surface area contributed by atoms with Gasteiger partial charge in [-0.05, 0) is 31.8 Å². The summed E-state index contributed by atoms with van der Waals surface area (Å²) >= 11 is 0. The molecule has 11 heavy (non-hydrogen) atoms. The van der Waals surface area contributed by atoms with Crippen molar-refractivity contribution >= 4 is 0 Å². The Kier molecular flexibility index (Phi) is 3.29. The van der Waals surface area contributed by atoms with Crippen molar-refractivity contribution in [3.63, 3.8) is 0 Å². The van der Waals surface area contributed by atoms with Crippen LogP contribution < -0.4 is 5.32 Å². The summed E-state index contributed by atoms with van der Waals surface area (Å²) in [5, 5.41) is 13.3. The monoisotopic (exact) mass is 158 g/mol. The Balaban J connectivity index is 2.09. The minimum Gasteiger partial charge on any atom is -0.317 e. The van der Waals surface area contributed by atoms with Crippen LogP contribution in [0.15, 0.2) is 0 Å². The van der Waals surface area contributed by atoms with Crippen LogP contribution >= 0.6 is 0 Å². The summed E-state index contributed by atoms with van der Waals surface area (Å²) in [6.45, 7) is 2.20. The van der Waals surface area contributed by atoms with Gasteiger partial charge in [0.05, 0.1) is 0 Å². The fourth-order valence-electron chi connectivity index (χ4n) is 1.46. The minimum absolute atomic E-state index is 0.144. The van der Waals surface area contributed by atoms with E-state index in [9.17, 15) is 10.1 Å². The summed E-state index contributed by atoms with van der Waals surface area (Å²) < 4.78 is 0. The van der Waals surface area contributed by atoms with Gasteiger partial charge in [0.15, 0.2) is 0 Å². The molecule has 1 saturated heterocycles. The van der Waals surface area contributed by atoms with Crippen molar-refractivity contribution in [3.05, 3.63) is 10.1 Å². The van der Waals surface area contributed by atoms with E-state index < -0.39 is 0 Å². The number of rotatable bonds is 3. The molecule has 1 rings (SSSR count). The molecule has 1 heterocycles. The third-order valence-electron chi connectivity index (χ3n) is 2.18. The van der Waals surface area contributed by atoms with E-state index in [0.29, 0.717) is 5.92 Å². The molecule has 0 aromatic rings. The predicted octanol–water partition coefficient (Wildman–Crippen LogP) is 0.653. The van der Waals surface area contributed by atoms with E-state index in [1.165, 1.54) is 0 Å². The molecule has 4 heteroatoms. The first-order valence-electron chi connectivity index (χ1n) is 4.11. The highest BCUT2D eigenvalue weighted by Crippen LogP contribution is 2.14. The van der Waals surface area contributed by atoms with Crippen molar-refractivity contribution in [2.75, 3.05) is 19.6 Å². The largest absolute Gasteiger partial charge is 0.317 e. The second-order valence-corrected chi connectivity index (χ2v) is 3.04. The molecule has 0 aliphatic carbocycles. The molecule has 0 aromatic heterocycles. The van der Waals surface area contributed by atoms with Gasteiger partial charge in [-0.25, -0.2) is 0 Å². The Morgan fingerprint density at radius 3 is 2.64 bits per heavy atom. The van der Waals surface area contributed by atoms with Crippen LogP contribution in [0.3, 0.4) is 0 Å². The predicted molar refractivity (Wildman–Crippen MR) is 42.1 cm³/mol. The minimum atomic E-state index is -0.220. The van der Waals surface area contributed by atoms with Crippen molar-refractivity contribution in [1.82, 2.24) is 5.32 Å². The maximum atomic E-state index is 10.0. The molecule has 1 fully saturated rings. The lowest BCUT2D eigenvalue weighted by atomic mass is 9.95. The fourth-order valence-corrected chi connectivity index (χ4v) is 1.46. The van der Waals surface area contributed by atoms with E-state index in [0.717, 1.165) is 32.4 Å². The second kappa shape index (κ2) is 4.28. The van der Waals surface area contributed by atoms with E-state index in [1.54, 1.807) is 0 Å². The molecule has 64 valence electrons. The molecular formula is C7H14N2O2. The van der Waals surface area contributed by atoms with Crippen LogP contribution in [0, 0.1) is 16.0 Å². The second-order valence-electron chi connectivity index (χ2n) is 3.04. The van der Waals surface area contributed by atoms with Crippen LogP contribution in [0.5, 0.6) is 0 Å². The highest BCUT2D eigenvalue weighted by molar-refractivity contribution is 4.67. The molecule has 0 unspecified atom stereocenters. The van der Waals surface area contributed by atoms with Gasteiger partial charge in [-0.15, -0.1) is 0 Å². The van der Waals surface area contributed by atoms with Crippen LogP contribution in [-0.2, 0) is 0 Å². The molecule has 0 saturated carbocycles. The summed E-state index contributed by atoms with van der Waals surface area (Å²) in [7, 11) is 0. The van der Waals surface area contributed by atoms with Crippen LogP contribution in [0.25, 0.3) is 0 Å². The Morgan fingerprint density at radius 2 is 2.09 bits per heavy atom. The van der Waals surface area contributed by atoms with Gasteiger partial charge in [-0.1, -0.05) is 0 Å². The van der Waals surface area contributed by atoms with E-state index in [4.69, 9.17) is 0 Å². The highest BCUT2D eigenvalue weighted by atomic mass is 16.6. The first-order valence-corrected chi connectivity index (χ1v) is 4.11. The molecule has 0 spiro atoms. The lowest BCUT2D eigenvalue weighted by Gasteiger charge is -2.20. The molecule has 1 aliphatic rings. The summed E-state index contributed by atoms with van der Waals surface area (Å²) in [5.74, 6) is 0.585. The number of nitrogens with zero attached hydrogens (tertiary/aromatic N) is 1. The number of nitrogens with one attached hydrogen (secondary N) is 1. The zero-order valence-electron chi connectivity index (χ0n) is 6.58. The Labute approximate surface area is 66.1 Å². The van der Waals surface area contributed by atoms with Crippen LogP contribution in [-0.4, -0.2) is 24.6 Å². The molecule has 0 radical (unpaired) electrons. The number of piperidine rings is 1. The molecular weight excluding hydrogens is 144 g/mol. The van der Waals surface area contributed by atoms with Gasteiger partial charge in [0.25, 0.3) is 0 Å². The van der Waals surface area contributed by atoms with E-state index in [-0.39, 0.29) is 11.5 Å². The maximum absolute atomic E-state index is 10.0. The standard InChI is InChI=1S/C7H14N2O2/c10-9(11)6-3-7-1-4-8-5-2-7/h7-8H,1-6H2. The Hall–Kier alpha value is -0.640. The highest BCUT2D eigenvalue weighted by Gasteiger charge is 2.14. The third-order valence-corrected chi connectivity index (χ3v) is 2.18. The first kappa shape index (κ1) is 8.46. The maximum Gasteiger partial charge on any atom is 0.204 e. The first-order chi connectivity index (χ1) is 5.29. The van der Waals surface area contributed by atoms with Gasteiger partial charge >= 0.3 is 0 Å². The third kappa shape index (κ3) is 3.32. The summed E-state index contributed by atoms with van der Waals surface area (Å²) in [6, 6.07) is 0. The lowest BCUT2D eigenvalue weighted by Crippen LogP contribution is -2.28. The molecule has 0 aromatic carbocycles. The summed E-state index contributed by atoms with van der Waals surface area (Å²) in [4.78, 5) is 9.81. The molecule has 0 atom stereocenters. The van der Waals surface area contributed by atoms with E-state index in [1.807, 2.05) is 0 Å². The lowest BCUT2D eigenvalue weighted by molar-refractivity contribution is -0.481. The quantitative estimate of drug-likeness (QED) is 0.484. The smallest absolute Gasteiger partial charge is 0.204 e. The molecule has 4 nitrogen and oxygen atoms in total. The number of hydrogen-bond acceptors (Lipinski definition) is 3. The zero-order chi connectivity index (χ0) is 8.10. The molecule has 0 bridgehead atoms. The van der Waals surface area contributed by atoms with Gasteiger partial charge in [0.2, 0.25) is 6.54 Å². The zero-order valence-corrected chi connectivity index (χ0v) is 6.58.